The van der Waals surface area contributed by atoms with Crippen molar-refractivity contribution in [3.8, 4) is 5.82 Å². The second-order valence-electron chi connectivity index (χ2n) is 4.84. The first kappa shape index (κ1) is 13.4. The van der Waals surface area contributed by atoms with Crippen LogP contribution in [-0.4, -0.2) is 24.5 Å². The van der Waals surface area contributed by atoms with Crippen molar-refractivity contribution in [2.24, 2.45) is 7.05 Å². The van der Waals surface area contributed by atoms with Crippen LogP contribution in [0, 0.1) is 0 Å². The van der Waals surface area contributed by atoms with E-state index in [1.165, 1.54) is 5.56 Å². The lowest BCUT2D eigenvalue weighted by atomic mass is 10.2. The maximum Gasteiger partial charge on any atom is 0.153 e. The fraction of sp³-hybridized carbons (Fsp3) is 0.267. The van der Waals surface area contributed by atoms with E-state index in [2.05, 4.69) is 33.6 Å². The standard InChI is InChI=1S/C15H18N6/c1-3-14-12(11-20(2)19-14)9-16-13-5-6-15(17-10-13)21-8-4-7-18-21/h4-8,10-11,16H,3,9H2,1-2H3. The maximum atomic E-state index is 4.44. The summed E-state index contributed by atoms with van der Waals surface area (Å²) in [5.74, 6) is 0.807. The van der Waals surface area contributed by atoms with Gasteiger partial charge in [0.1, 0.15) is 0 Å². The number of hydrogen-bond donors (Lipinski definition) is 1. The number of anilines is 1. The summed E-state index contributed by atoms with van der Waals surface area (Å²) in [6.45, 7) is 2.87. The van der Waals surface area contributed by atoms with Gasteiger partial charge < -0.3 is 5.32 Å². The highest BCUT2D eigenvalue weighted by molar-refractivity contribution is 5.44. The fourth-order valence-electron chi connectivity index (χ4n) is 2.26. The van der Waals surface area contributed by atoms with Crippen molar-refractivity contribution in [2.75, 3.05) is 5.32 Å². The Labute approximate surface area is 123 Å². The molecule has 3 rings (SSSR count). The minimum Gasteiger partial charge on any atom is -0.380 e. The molecule has 3 heterocycles. The van der Waals surface area contributed by atoms with Crippen LogP contribution in [0.5, 0.6) is 0 Å². The Morgan fingerprint density at radius 1 is 1.29 bits per heavy atom. The van der Waals surface area contributed by atoms with Crippen molar-refractivity contribution in [1.29, 1.82) is 0 Å². The highest BCUT2D eigenvalue weighted by Gasteiger charge is 2.05. The number of pyridine rings is 1. The molecule has 21 heavy (non-hydrogen) atoms. The van der Waals surface area contributed by atoms with E-state index in [0.29, 0.717) is 0 Å². The average molecular weight is 282 g/mol. The predicted molar refractivity (Wildman–Crippen MR) is 81.3 cm³/mol. The number of aryl methyl sites for hydroxylation is 2. The zero-order valence-electron chi connectivity index (χ0n) is 12.2. The minimum atomic E-state index is 0.750. The molecule has 108 valence electrons. The first-order valence-corrected chi connectivity index (χ1v) is 6.97. The second kappa shape index (κ2) is 5.78. The quantitative estimate of drug-likeness (QED) is 0.779. The van der Waals surface area contributed by atoms with E-state index in [1.54, 1.807) is 10.9 Å². The molecule has 6 heteroatoms. The fourth-order valence-corrected chi connectivity index (χ4v) is 2.26. The predicted octanol–water partition coefficient (Wildman–Crippen LogP) is 2.18. The Morgan fingerprint density at radius 3 is 2.86 bits per heavy atom. The lowest BCUT2D eigenvalue weighted by Gasteiger charge is -2.07. The summed E-state index contributed by atoms with van der Waals surface area (Å²) in [5.41, 5.74) is 3.33. The van der Waals surface area contributed by atoms with Crippen LogP contribution >= 0.6 is 0 Å². The molecule has 0 fully saturated rings. The Kier molecular flexibility index (Phi) is 3.68. The lowest BCUT2D eigenvalue weighted by molar-refractivity contribution is 0.746. The van der Waals surface area contributed by atoms with Gasteiger partial charge >= 0.3 is 0 Å². The molecule has 0 saturated carbocycles. The van der Waals surface area contributed by atoms with Crippen LogP contribution in [-0.2, 0) is 20.0 Å². The summed E-state index contributed by atoms with van der Waals surface area (Å²) >= 11 is 0. The zero-order chi connectivity index (χ0) is 14.7. The van der Waals surface area contributed by atoms with Gasteiger partial charge in [-0.05, 0) is 24.6 Å². The van der Waals surface area contributed by atoms with Gasteiger partial charge in [0, 0.05) is 37.7 Å². The van der Waals surface area contributed by atoms with E-state index in [4.69, 9.17) is 0 Å². The molecule has 3 aromatic rings. The Morgan fingerprint density at radius 2 is 2.19 bits per heavy atom. The van der Waals surface area contributed by atoms with Crippen molar-refractivity contribution in [2.45, 2.75) is 19.9 Å². The molecule has 3 aromatic heterocycles. The molecule has 0 aliphatic rings. The smallest absolute Gasteiger partial charge is 0.153 e. The molecule has 0 atom stereocenters. The SMILES string of the molecule is CCc1nn(C)cc1CNc1ccc(-n2cccn2)nc1. The third-order valence-electron chi connectivity index (χ3n) is 3.30. The van der Waals surface area contributed by atoms with Crippen LogP contribution in [0.3, 0.4) is 0 Å². The molecule has 0 aliphatic heterocycles. The molecule has 0 aromatic carbocycles. The van der Waals surface area contributed by atoms with E-state index in [-0.39, 0.29) is 0 Å². The second-order valence-corrected chi connectivity index (χ2v) is 4.84. The monoisotopic (exact) mass is 282 g/mol. The van der Waals surface area contributed by atoms with Crippen LogP contribution in [0.4, 0.5) is 5.69 Å². The van der Waals surface area contributed by atoms with Crippen molar-refractivity contribution in [1.82, 2.24) is 24.5 Å². The van der Waals surface area contributed by atoms with E-state index < -0.39 is 0 Å². The number of nitrogens with one attached hydrogen (secondary N) is 1. The molecular weight excluding hydrogens is 264 g/mol. The highest BCUT2D eigenvalue weighted by atomic mass is 15.3. The van der Waals surface area contributed by atoms with Gasteiger partial charge in [0.05, 0.1) is 17.6 Å². The minimum absolute atomic E-state index is 0.750. The van der Waals surface area contributed by atoms with E-state index >= 15 is 0 Å². The van der Waals surface area contributed by atoms with Gasteiger partial charge in [-0.2, -0.15) is 10.2 Å². The van der Waals surface area contributed by atoms with E-state index in [1.807, 2.05) is 42.3 Å². The third kappa shape index (κ3) is 2.94. The Bertz CT molecular complexity index is 696. The van der Waals surface area contributed by atoms with Crippen molar-refractivity contribution >= 4 is 5.69 Å². The normalized spacial score (nSPS) is 10.8. The summed E-state index contributed by atoms with van der Waals surface area (Å²) in [6, 6.07) is 5.83. The average Bonchev–Trinajstić information content (AvgIpc) is 3.15. The summed E-state index contributed by atoms with van der Waals surface area (Å²) in [5, 5.41) is 12.0. The van der Waals surface area contributed by atoms with Crippen LogP contribution in [0.2, 0.25) is 0 Å². The van der Waals surface area contributed by atoms with Gasteiger partial charge in [0.15, 0.2) is 5.82 Å². The van der Waals surface area contributed by atoms with Gasteiger partial charge in [0.25, 0.3) is 0 Å². The van der Waals surface area contributed by atoms with Crippen molar-refractivity contribution < 1.29 is 0 Å². The Hall–Kier alpha value is -2.63. The van der Waals surface area contributed by atoms with Gasteiger partial charge in [-0.25, -0.2) is 9.67 Å². The van der Waals surface area contributed by atoms with Gasteiger partial charge in [-0.1, -0.05) is 6.92 Å². The number of aromatic nitrogens is 5. The Balaban J connectivity index is 1.68. The van der Waals surface area contributed by atoms with Crippen LogP contribution in [0.25, 0.3) is 5.82 Å². The molecule has 0 aliphatic carbocycles. The van der Waals surface area contributed by atoms with Crippen LogP contribution < -0.4 is 5.32 Å². The van der Waals surface area contributed by atoms with Crippen molar-refractivity contribution in [3.05, 3.63) is 54.2 Å². The molecule has 0 saturated heterocycles. The zero-order valence-corrected chi connectivity index (χ0v) is 12.2. The number of nitrogens with zero attached hydrogens (tertiary/aromatic N) is 5. The summed E-state index contributed by atoms with van der Waals surface area (Å²) in [7, 11) is 1.95. The highest BCUT2D eigenvalue weighted by Crippen LogP contribution is 2.13. The summed E-state index contributed by atoms with van der Waals surface area (Å²) < 4.78 is 3.59. The van der Waals surface area contributed by atoms with Gasteiger partial charge in [-0.15, -0.1) is 0 Å². The molecular formula is C15H18N6. The lowest BCUT2D eigenvalue weighted by Crippen LogP contribution is -2.03. The maximum absolute atomic E-state index is 4.44. The topological polar surface area (TPSA) is 60.6 Å². The first-order chi connectivity index (χ1) is 10.3. The molecule has 6 nitrogen and oxygen atoms in total. The van der Waals surface area contributed by atoms with Gasteiger partial charge in [-0.3, -0.25) is 4.68 Å². The molecule has 1 N–H and O–H groups in total. The summed E-state index contributed by atoms with van der Waals surface area (Å²) in [6.07, 6.45) is 8.42. The third-order valence-corrected chi connectivity index (χ3v) is 3.30. The summed E-state index contributed by atoms with van der Waals surface area (Å²) in [4.78, 5) is 4.40. The number of rotatable bonds is 5. The molecule has 0 radical (unpaired) electrons. The first-order valence-electron chi connectivity index (χ1n) is 6.97. The largest absolute Gasteiger partial charge is 0.380 e. The molecule has 0 unspecified atom stereocenters. The molecule has 0 spiro atoms. The van der Waals surface area contributed by atoms with E-state index in [0.717, 1.165) is 30.2 Å². The molecule has 0 bridgehead atoms. The molecule has 0 amide bonds. The van der Waals surface area contributed by atoms with E-state index in [9.17, 15) is 0 Å². The number of hydrogen-bond acceptors (Lipinski definition) is 4. The van der Waals surface area contributed by atoms with Crippen LogP contribution in [0.15, 0.2) is 43.0 Å². The van der Waals surface area contributed by atoms with Crippen molar-refractivity contribution in [3.63, 3.8) is 0 Å². The van der Waals surface area contributed by atoms with Gasteiger partial charge in [0.2, 0.25) is 0 Å². The van der Waals surface area contributed by atoms with Crippen LogP contribution in [0.1, 0.15) is 18.2 Å².